The maximum absolute atomic E-state index is 10.9. The second kappa shape index (κ2) is 6.57. The maximum atomic E-state index is 10.9. The summed E-state index contributed by atoms with van der Waals surface area (Å²) in [6, 6.07) is 9.91. The van der Waals surface area contributed by atoms with Crippen LogP contribution in [0.4, 0.5) is 11.4 Å². The fraction of sp³-hybridized carbons (Fsp3) is 0.133. The lowest BCUT2D eigenvalue weighted by Crippen LogP contribution is -1.96. The summed E-state index contributed by atoms with van der Waals surface area (Å²) in [7, 11) is 1.32. The van der Waals surface area contributed by atoms with E-state index in [9.17, 15) is 15.2 Å². The summed E-state index contributed by atoms with van der Waals surface area (Å²) in [5.41, 5.74) is 4.66. The van der Waals surface area contributed by atoms with Gasteiger partial charge in [-0.05, 0) is 19.1 Å². The summed E-state index contributed by atoms with van der Waals surface area (Å²) in [5, 5.41) is 24.8. The number of phenols is 1. The third kappa shape index (κ3) is 3.51. The molecule has 0 fully saturated rings. The lowest BCUT2D eigenvalue weighted by Gasteiger charge is -2.06. The number of nitrogens with zero attached hydrogens (tertiary/aromatic N) is 2. The third-order valence-corrected chi connectivity index (χ3v) is 2.97. The van der Waals surface area contributed by atoms with Crippen molar-refractivity contribution < 1.29 is 14.8 Å². The van der Waals surface area contributed by atoms with Gasteiger partial charge in [-0.25, -0.2) is 0 Å². The normalized spacial score (nSPS) is 10.6. The molecule has 0 aliphatic carbocycles. The Kier molecular flexibility index (Phi) is 4.57. The quantitative estimate of drug-likeness (QED) is 0.502. The van der Waals surface area contributed by atoms with Gasteiger partial charge < -0.3 is 9.84 Å². The van der Waals surface area contributed by atoms with Gasteiger partial charge in [0.1, 0.15) is 0 Å². The van der Waals surface area contributed by atoms with Gasteiger partial charge in [-0.1, -0.05) is 17.7 Å². The van der Waals surface area contributed by atoms with Crippen molar-refractivity contribution in [3.63, 3.8) is 0 Å². The topological polar surface area (TPSA) is 97.0 Å². The van der Waals surface area contributed by atoms with Gasteiger partial charge in [0, 0.05) is 11.6 Å². The van der Waals surface area contributed by atoms with Crippen LogP contribution in [0.2, 0.25) is 0 Å². The molecule has 0 bridgehead atoms. The Morgan fingerprint density at radius 2 is 2.00 bits per heavy atom. The first kappa shape index (κ1) is 15.3. The van der Waals surface area contributed by atoms with Crippen LogP contribution in [-0.4, -0.2) is 23.4 Å². The molecule has 2 aromatic carbocycles. The predicted octanol–water partition coefficient (Wildman–Crippen LogP) is 3.06. The Labute approximate surface area is 127 Å². The van der Waals surface area contributed by atoms with Gasteiger partial charge in [-0.2, -0.15) is 5.10 Å². The van der Waals surface area contributed by atoms with E-state index in [1.165, 1.54) is 19.4 Å². The molecule has 2 aromatic rings. The lowest BCUT2D eigenvalue weighted by molar-refractivity contribution is -0.385. The lowest BCUT2D eigenvalue weighted by atomic mass is 10.2. The SMILES string of the molecule is COc1cc([N+](=O)[O-])cc(/C=N/Nc2ccc(C)cc2)c1O. The van der Waals surface area contributed by atoms with E-state index in [1.807, 2.05) is 31.2 Å². The Bertz CT molecular complexity index is 711. The highest BCUT2D eigenvalue weighted by Crippen LogP contribution is 2.33. The molecule has 0 saturated heterocycles. The number of ether oxygens (including phenoxy) is 1. The van der Waals surface area contributed by atoms with E-state index in [-0.39, 0.29) is 22.7 Å². The summed E-state index contributed by atoms with van der Waals surface area (Å²) in [6.07, 6.45) is 1.30. The minimum Gasteiger partial charge on any atom is -0.504 e. The summed E-state index contributed by atoms with van der Waals surface area (Å²) in [6.45, 7) is 1.97. The molecule has 0 atom stereocenters. The molecule has 0 unspecified atom stereocenters. The standard InChI is InChI=1S/C15H15N3O4/c1-10-3-5-12(6-4-10)17-16-9-11-7-13(18(20)21)8-14(22-2)15(11)19/h3-9,17,19H,1-2H3/b16-9+. The first-order valence-corrected chi connectivity index (χ1v) is 6.42. The Balaban J connectivity index is 2.24. The van der Waals surface area contributed by atoms with Crippen molar-refractivity contribution in [3.05, 3.63) is 57.6 Å². The molecule has 22 heavy (non-hydrogen) atoms. The van der Waals surface area contributed by atoms with Crippen molar-refractivity contribution in [1.82, 2.24) is 0 Å². The Hall–Kier alpha value is -3.09. The first-order chi connectivity index (χ1) is 10.5. The van der Waals surface area contributed by atoms with Gasteiger partial charge in [0.05, 0.1) is 30.0 Å². The molecule has 0 saturated carbocycles. The van der Waals surface area contributed by atoms with E-state index in [4.69, 9.17) is 4.74 Å². The average molecular weight is 301 g/mol. The fourth-order valence-corrected chi connectivity index (χ4v) is 1.78. The number of hydrogen-bond donors (Lipinski definition) is 2. The second-order valence-corrected chi connectivity index (χ2v) is 4.58. The number of aromatic hydroxyl groups is 1. The minimum atomic E-state index is -0.563. The predicted molar refractivity (Wildman–Crippen MR) is 83.7 cm³/mol. The summed E-state index contributed by atoms with van der Waals surface area (Å²) in [5.74, 6) is -0.187. The molecular formula is C15H15N3O4. The van der Waals surface area contributed by atoms with Gasteiger partial charge >= 0.3 is 0 Å². The number of hydrazone groups is 1. The van der Waals surface area contributed by atoms with E-state index >= 15 is 0 Å². The number of aryl methyl sites for hydroxylation is 1. The molecule has 0 amide bonds. The molecule has 2 N–H and O–H groups in total. The van der Waals surface area contributed by atoms with Crippen molar-refractivity contribution in [2.45, 2.75) is 6.92 Å². The molecule has 0 heterocycles. The summed E-state index contributed by atoms with van der Waals surface area (Å²) in [4.78, 5) is 10.3. The fourth-order valence-electron chi connectivity index (χ4n) is 1.78. The smallest absolute Gasteiger partial charge is 0.274 e. The zero-order valence-corrected chi connectivity index (χ0v) is 12.1. The molecule has 0 radical (unpaired) electrons. The highest BCUT2D eigenvalue weighted by molar-refractivity contribution is 5.86. The van der Waals surface area contributed by atoms with Crippen molar-refractivity contribution in [2.75, 3.05) is 12.5 Å². The van der Waals surface area contributed by atoms with Crippen LogP contribution < -0.4 is 10.2 Å². The van der Waals surface area contributed by atoms with E-state index in [0.717, 1.165) is 17.3 Å². The molecule has 114 valence electrons. The molecule has 0 spiro atoms. The largest absolute Gasteiger partial charge is 0.504 e. The molecule has 0 aliphatic heterocycles. The highest BCUT2D eigenvalue weighted by atomic mass is 16.6. The third-order valence-electron chi connectivity index (χ3n) is 2.97. The molecule has 0 aliphatic rings. The van der Waals surface area contributed by atoms with Crippen LogP contribution >= 0.6 is 0 Å². The Morgan fingerprint density at radius 1 is 1.32 bits per heavy atom. The van der Waals surface area contributed by atoms with Crippen molar-refractivity contribution in [3.8, 4) is 11.5 Å². The molecule has 7 nitrogen and oxygen atoms in total. The van der Waals surface area contributed by atoms with Crippen molar-refractivity contribution in [2.24, 2.45) is 5.10 Å². The number of non-ortho nitro benzene ring substituents is 1. The monoisotopic (exact) mass is 301 g/mol. The van der Waals surface area contributed by atoms with E-state index in [2.05, 4.69) is 10.5 Å². The van der Waals surface area contributed by atoms with Gasteiger partial charge in [0.25, 0.3) is 5.69 Å². The van der Waals surface area contributed by atoms with Crippen molar-refractivity contribution in [1.29, 1.82) is 0 Å². The van der Waals surface area contributed by atoms with E-state index in [0.29, 0.717) is 0 Å². The first-order valence-electron chi connectivity index (χ1n) is 6.42. The Morgan fingerprint density at radius 3 is 2.59 bits per heavy atom. The van der Waals surface area contributed by atoms with Gasteiger partial charge in [-0.3, -0.25) is 15.5 Å². The number of rotatable bonds is 5. The van der Waals surface area contributed by atoms with Crippen LogP contribution in [0.1, 0.15) is 11.1 Å². The molecular weight excluding hydrogens is 286 g/mol. The van der Waals surface area contributed by atoms with Crippen LogP contribution in [0.3, 0.4) is 0 Å². The van der Waals surface area contributed by atoms with Gasteiger partial charge in [0.15, 0.2) is 11.5 Å². The van der Waals surface area contributed by atoms with Crippen LogP contribution in [0.25, 0.3) is 0 Å². The number of benzene rings is 2. The number of nitro groups is 1. The van der Waals surface area contributed by atoms with Crippen LogP contribution in [0, 0.1) is 17.0 Å². The zero-order valence-electron chi connectivity index (χ0n) is 12.1. The molecule has 7 heteroatoms. The average Bonchev–Trinajstić information content (AvgIpc) is 2.50. The number of anilines is 1. The van der Waals surface area contributed by atoms with Crippen LogP contribution in [0.15, 0.2) is 41.5 Å². The van der Waals surface area contributed by atoms with Gasteiger partial charge in [-0.15, -0.1) is 0 Å². The zero-order chi connectivity index (χ0) is 16.1. The minimum absolute atomic E-state index is 0.0194. The maximum Gasteiger partial charge on any atom is 0.274 e. The van der Waals surface area contributed by atoms with E-state index < -0.39 is 4.92 Å². The number of phenolic OH excluding ortho intramolecular Hbond substituents is 1. The number of methoxy groups -OCH3 is 1. The van der Waals surface area contributed by atoms with Gasteiger partial charge in [0.2, 0.25) is 0 Å². The second-order valence-electron chi connectivity index (χ2n) is 4.58. The molecule has 0 aromatic heterocycles. The molecule has 2 rings (SSSR count). The summed E-state index contributed by atoms with van der Waals surface area (Å²) < 4.78 is 4.92. The number of nitro benzene ring substituents is 1. The number of hydrogen-bond acceptors (Lipinski definition) is 6. The van der Waals surface area contributed by atoms with Crippen LogP contribution in [0.5, 0.6) is 11.5 Å². The van der Waals surface area contributed by atoms with Crippen molar-refractivity contribution >= 4 is 17.6 Å². The summed E-state index contributed by atoms with van der Waals surface area (Å²) >= 11 is 0. The highest BCUT2D eigenvalue weighted by Gasteiger charge is 2.15. The van der Waals surface area contributed by atoms with E-state index in [1.54, 1.807) is 0 Å². The number of nitrogens with one attached hydrogen (secondary N) is 1. The van der Waals surface area contributed by atoms with Crippen LogP contribution in [-0.2, 0) is 0 Å².